The third kappa shape index (κ3) is 5.96. The van der Waals surface area contributed by atoms with Crippen LogP contribution in [-0.2, 0) is 6.42 Å². The largest absolute Gasteiger partial charge is 0.372 e. The van der Waals surface area contributed by atoms with Crippen molar-refractivity contribution in [3.63, 3.8) is 0 Å². The molecule has 1 nitrogen and oxygen atoms in total. The second kappa shape index (κ2) is 8.79. The molecule has 106 valence electrons. The van der Waals surface area contributed by atoms with Gasteiger partial charge in [-0.3, -0.25) is 0 Å². The van der Waals surface area contributed by atoms with E-state index >= 15 is 0 Å². The van der Waals surface area contributed by atoms with Gasteiger partial charge in [0.05, 0.1) is 0 Å². The summed E-state index contributed by atoms with van der Waals surface area (Å²) in [5.41, 5.74) is 4.10. The first-order valence-corrected chi connectivity index (χ1v) is 7.65. The third-order valence-electron chi connectivity index (χ3n) is 3.36. The number of nitrogens with zero attached hydrogens (tertiary/aromatic N) is 1. The molecule has 0 fully saturated rings. The van der Waals surface area contributed by atoms with Crippen molar-refractivity contribution in [1.29, 1.82) is 0 Å². The summed E-state index contributed by atoms with van der Waals surface area (Å²) < 4.78 is 0. The summed E-state index contributed by atoms with van der Waals surface area (Å²) in [5.74, 6) is 0. The molecule has 0 aliphatic heterocycles. The zero-order valence-electron chi connectivity index (χ0n) is 12.9. The van der Waals surface area contributed by atoms with Crippen molar-refractivity contribution in [3.8, 4) is 0 Å². The van der Waals surface area contributed by atoms with E-state index in [1.165, 1.54) is 36.1 Å². The summed E-state index contributed by atoms with van der Waals surface area (Å²) in [4.78, 5) is 2.48. The van der Waals surface area contributed by atoms with Crippen molar-refractivity contribution >= 4 is 5.69 Å². The zero-order valence-corrected chi connectivity index (χ0v) is 12.9. The molecule has 0 saturated carbocycles. The molecular weight excluding hydrogens is 230 g/mol. The maximum Gasteiger partial charge on any atom is 0.0366 e. The highest BCUT2D eigenvalue weighted by molar-refractivity contribution is 5.47. The Morgan fingerprint density at radius 3 is 2.11 bits per heavy atom. The molecular formula is C18H29N. The highest BCUT2D eigenvalue weighted by Crippen LogP contribution is 2.17. The van der Waals surface area contributed by atoms with E-state index < -0.39 is 0 Å². The average Bonchev–Trinajstić information content (AvgIpc) is 2.39. The fourth-order valence-electron chi connectivity index (χ4n) is 2.38. The maximum absolute atomic E-state index is 3.96. The Morgan fingerprint density at radius 2 is 1.63 bits per heavy atom. The monoisotopic (exact) mass is 259 g/mol. The van der Waals surface area contributed by atoms with E-state index in [1.807, 2.05) is 0 Å². The smallest absolute Gasteiger partial charge is 0.0366 e. The minimum absolute atomic E-state index is 1.14. The number of anilines is 1. The van der Waals surface area contributed by atoms with Crippen LogP contribution in [0.25, 0.3) is 0 Å². The molecule has 19 heavy (non-hydrogen) atoms. The fourth-order valence-corrected chi connectivity index (χ4v) is 2.38. The fraction of sp³-hybridized carbons (Fsp3) is 0.556. The predicted octanol–water partition coefficient (Wildman–Crippen LogP) is 5.21. The van der Waals surface area contributed by atoms with Gasteiger partial charge >= 0.3 is 0 Å². The molecule has 0 aliphatic carbocycles. The van der Waals surface area contributed by atoms with Gasteiger partial charge in [0, 0.05) is 18.8 Å². The van der Waals surface area contributed by atoms with Crippen LogP contribution < -0.4 is 4.90 Å². The normalized spacial score (nSPS) is 10.5. The maximum atomic E-state index is 3.96. The molecule has 0 heterocycles. The number of allylic oxidation sites excluding steroid dienone is 1. The van der Waals surface area contributed by atoms with Gasteiger partial charge in [0.1, 0.15) is 0 Å². The lowest BCUT2D eigenvalue weighted by molar-refractivity contribution is 0.744. The van der Waals surface area contributed by atoms with Crippen LogP contribution in [0.2, 0.25) is 0 Å². The molecule has 0 aliphatic rings. The van der Waals surface area contributed by atoms with Gasteiger partial charge < -0.3 is 4.90 Å². The number of benzene rings is 1. The number of aryl methyl sites for hydroxylation is 1. The van der Waals surface area contributed by atoms with Gasteiger partial charge in [-0.15, -0.1) is 6.58 Å². The van der Waals surface area contributed by atoms with Gasteiger partial charge in [0.2, 0.25) is 0 Å². The summed E-state index contributed by atoms with van der Waals surface area (Å²) in [5, 5.41) is 0. The van der Waals surface area contributed by atoms with Crippen LogP contribution in [0.15, 0.2) is 36.4 Å². The van der Waals surface area contributed by atoms with Crippen LogP contribution in [0, 0.1) is 0 Å². The summed E-state index contributed by atoms with van der Waals surface area (Å²) >= 11 is 0. The number of hydrogen-bond donors (Lipinski definition) is 0. The Hall–Kier alpha value is -1.24. The standard InChI is InChI=1S/C18H29N/c1-5-14-19(15-6-2)18-12-10-17(11-13-18)9-7-8-16(3)4/h10-13H,3,5-9,14-15H2,1-2,4H3. The minimum atomic E-state index is 1.14. The highest BCUT2D eigenvalue weighted by Gasteiger charge is 2.04. The average molecular weight is 259 g/mol. The lowest BCUT2D eigenvalue weighted by Crippen LogP contribution is -2.24. The Labute approximate surface area is 119 Å². The third-order valence-corrected chi connectivity index (χ3v) is 3.36. The van der Waals surface area contributed by atoms with Crippen LogP contribution in [0.1, 0.15) is 52.0 Å². The first-order valence-electron chi connectivity index (χ1n) is 7.65. The molecule has 1 aromatic carbocycles. The van der Waals surface area contributed by atoms with Crippen molar-refractivity contribution in [2.45, 2.75) is 52.9 Å². The predicted molar refractivity (Wildman–Crippen MR) is 87.0 cm³/mol. The summed E-state index contributed by atoms with van der Waals surface area (Å²) in [6, 6.07) is 9.13. The zero-order chi connectivity index (χ0) is 14.1. The van der Waals surface area contributed by atoms with Gasteiger partial charge in [-0.1, -0.05) is 31.6 Å². The molecule has 0 radical (unpaired) electrons. The quantitative estimate of drug-likeness (QED) is 0.550. The van der Waals surface area contributed by atoms with Gasteiger partial charge in [-0.2, -0.15) is 0 Å². The summed E-state index contributed by atoms with van der Waals surface area (Å²) in [6.07, 6.45) is 5.93. The molecule has 0 amide bonds. The van der Waals surface area contributed by atoms with Crippen molar-refractivity contribution in [1.82, 2.24) is 0 Å². The second-order valence-electron chi connectivity index (χ2n) is 5.46. The Balaban J connectivity index is 2.55. The van der Waals surface area contributed by atoms with Crippen molar-refractivity contribution in [2.24, 2.45) is 0 Å². The van der Waals surface area contributed by atoms with Gasteiger partial charge in [-0.05, 0) is 56.7 Å². The molecule has 1 heteroatoms. The summed E-state index contributed by atoms with van der Waals surface area (Å²) in [7, 11) is 0. The van der Waals surface area contributed by atoms with Gasteiger partial charge in [0.15, 0.2) is 0 Å². The number of rotatable bonds is 9. The lowest BCUT2D eigenvalue weighted by Gasteiger charge is -2.24. The van der Waals surface area contributed by atoms with E-state index in [0.717, 1.165) is 25.9 Å². The van der Waals surface area contributed by atoms with Crippen molar-refractivity contribution in [3.05, 3.63) is 42.0 Å². The Bertz CT molecular complexity index is 358. The molecule has 1 aromatic rings. The minimum Gasteiger partial charge on any atom is -0.372 e. The topological polar surface area (TPSA) is 3.24 Å². The second-order valence-corrected chi connectivity index (χ2v) is 5.46. The van der Waals surface area contributed by atoms with E-state index in [2.05, 4.69) is 56.5 Å². The van der Waals surface area contributed by atoms with Crippen molar-refractivity contribution in [2.75, 3.05) is 18.0 Å². The lowest BCUT2D eigenvalue weighted by atomic mass is 10.1. The van der Waals surface area contributed by atoms with E-state index in [-0.39, 0.29) is 0 Å². The van der Waals surface area contributed by atoms with Crippen LogP contribution >= 0.6 is 0 Å². The van der Waals surface area contributed by atoms with Crippen LogP contribution in [-0.4, -0.2) is 13.1 Å². The molecule has 0 unspecified atom stereocenters. The van der Waals surface area contributed by atoms with Crippen molar-refractivity contribution < 1.29 is 0 Å². The molecule has 0 bridgehead atoms. The van der Waals surface area contributed by atoms with Crippen LogP contribution in [0.5, 0.6) is 0 Å². The molecule has 0 N–H and O–H groups in total. The van der Waals surface area contributed by atoms with Gasteiger partial charge in [0.25, 0.3) is 0 Å². The number of hydrogen-bond acceptors (Lipinski definition) is 1. The first-order chi connectivity index (χ1) is 9.17. The SMILES string of the molecule is C=C(C)CCCc1ccc(N(CCC)CCC)cc1. The van der Waals surface area contributed by atoms with Gasteiger partial charge in [-0.25, -0.2) is 0 Å². The molecule has 0 aromatic heterocycles. The van der Waals surface area contributed by atoms with Crippen LogP contribution in [0.3, 0.4) is 0 Å². The highest BCUT2D eigenvalue weighted by atomic mass is 15.1. The van der Waals surface area contributed by atoms with E-state index in [1.54, 1.807) is 0 Å². The molecule has 1 rings (SSSR count). The molecule has 0 atom stereocenters. The molecule has 0 saturated heterocycles. The van der Waals surface area contributed by atoms with E-state index in [0.29, 0.717) is 0 Å². The Morgan fingerprint density at radius 1 is 1.05 bits per heavy atom. The Kier molecular flexibility index (Phi) is 7.32. The summed E-state index contributed by atoms with van der Waals surface area (Å²) in [6.45, 7) is 12.9. The first kappa shape index (κ1) is 15.8. The van der Waals surface area contributed by atoms with Crippen LogP contribution in [0.4, 0.5) is 5.69 Å². The van der Waals surface area contributed by atoms with E-state index in [4.69, 9.17) is 0 Å². The van der Waals surface area contributed by atoms with E-state index in [9.17, 15) is 0 Å². The molecule has 0 spiro atoms.